The van der Waals surface area contributed by atoms with Gasteiger partial charge in [0, 0.05) is 12.6 Å². The normalized spacial score (nSPS) is 15.1. The number of rotatable bonds is 7. The average molecular weight is 349 g/mol. The number of carbonyl (C=O) groups is 1. The maximum atomic E-state index is 12.9. The number of nitrogens with zero attached hydrogens (tertiary/aromatic N) is 1. The molecule has 0 aliphatic heterocycles. The van der Waals surface area contributed by atoms with Crippen molar-refractivity contribution in [1.29, 1.82) is 0 Å². The SMILES string of the molecule is Cc1nc(COc2ccc(F)cc2)sc1C(=O)NC(CN)C1CC1. The number of benzene rings is 1. The number of hydrogen-bond donors (Lipinski definition) is 2. The molecule has 2 aromatic rings. The van der Waals surface area contributed by atoms with Crippen LogP contribution >= 0.6 is 11.3 Å². The fourth-order valence-electron chi connectivity index (χ4n) is 2.50. The highest BCUT2D eigenvalue weighted by Crippen LogP contribution is 2.32. The van der Waals surface area contributed by atoms with E-state index >= 15 is 0 Å². The molecule has 1 aromatic heterocycles. The summed E-state index contributed by atoms with van der Waals surface area (Å²) in [6, 6.07) is 5.84. The number of ether oxygens (including phenoxy) is 1. The lowest BCUT2D eigenvalue weighted by molar-refractivity contribution is 0.0937. The molecule has 128 valence electrons. The number of carbonyl (C=O) groups excluding carboxylic acids is 1. The zero-order valence-electron chi connectivity index (χ0n) is 13.4. The standard InChI is InChI=1S/C17H20FN3O2S/c1-10-16(17(22)21-14(8-19)11-2-3-11)24-15(20-10)9-23-13-6-4-12(18)5-7-13/h4-7,11,14H,2-3,8-9,19H2,1H3,(H,21,22). The Morgan fingerprint density at radius 3 is 2.79 bits per heavy atom. The van der Waals surface area contributed by atoms with Gasteiger partial charge in [-0.2, -0.15) is 0 Å². The van der Waals surface area contributed by atoms with Crippen LogP contribution in [0.2, 0.25) is 0 Å². The molecule has 0 radical (unpaired) electrons. The molecule has 1 fully saturated rings. The molecule has 1 heterocycles. The second-order valence-electron chi connectivity index (χ2n) is 5.92. The summed E-state index contributed by atoms with van der Waals surface area (Å²) in [6.45, 7) is 2.50. The highest BCUT2D eigenvalue weighted by Gasteiger charge is 2.32. The van der Waals surface area contributed by atoms with E-state index in [4.69, 9.17) is 10.5 Å². The predicted octanol–water partition coefficient (Wildman–Crippen LogP) is 2.64. The van der Waals surface area contributed by atoms with Crippen LogP contribution in [0.4, 0.5) is 4.39 Å². The molecule has 1 unspecified atom stereocenters. The summed E-state index contributed by atoms with van der Waals surface area (Å²) in [5, 5.41) is 3.71. The van der Waals surface area contributed by atoms with Crippen LogP contribution in [-0.2, 0) is 6.61 Å². The summed E-state index contributed by atoms with van der Waals surface area (Å²) < 4.78 is 18.4. The highest BCUT2D eigenvalue weighted by atomic mass is 32.1. The molecule has 1 aliphatic carbocycles. The quantitative estimate of drug-likeness (QED) is 0.806. The zero-order chi connectivity index (χ0) is 17.1. The molecule has 0 bridgehead atoms. The summed E-state index contributed by atoms with van der Waals surface area (Å²) in [4.78, 5) is 17.4. The van der Waals surface area contributed by atoms with Crippen molar-refractivity contribution in [1.82, 2.24) is 10.3 Å². The summed E-state index contributed by atoms with van der Waals surface area (Å²) in [6.07, 6.45) is 2.25. The Bertz CT molecular complexity index is 713. The second kappa shape index (κ2) is 7.27. The van der Waals surface area contributed by atoms with Gasteiger partial charge in [-0.25, -0.2) is 9.37 Å². The Balaban J connectivity index is 1.61. The number of aromatic nitrogens is 1. The minimum absolute atomic E-state index is 0.0397. The van der Waals surface area contributed by atoms with Crippen LogP contribution in [-0.4, -0.2) is 23.5 Å². The number of hydrogen-bond acceptors (Lipinski definition) is 5. The van der Waals surface area contributed by atoms with E-state index in [0.29, 0.717) is 33.8 Å². The third-order valence-corrected chi connectivity index (χ3v) is 5.11. The number of nitrogens with two attached hydrogens (primary N) is 1. The molecule has 1 atom stereocenters. The van der Waals surface area contributed by atoms with E-state index < -0.39 is 0 Å². The molecule has 3 N–H and O–H groups in total. The van der Waals surface area contributed by atoms with Gasteiger partial charge in [-0.3, -0.25) is 4.79 Å². The van der Waals surface area contributed by atoms with Gasteiger partial charge in [0.05, 0.1) is 5.69 Å². The van der Waals surface area contributed by atoms with Gasteiger partial charge in [-0.15, -0.1) is 11.3 Å². The monoisotopic (exact) mass is 349 g/mol. The molecule has 5 nitrogen and oxygen atoms in total. The second-order valence-corrected chi connectivity index (χ2v) is 7.00. The summed E-state index contributed by atoms with van der Waals surface area (Å²) in [5.74, 6) is 0.637. The number of halogens is 1. The molecule has 7 heteroatoms. The summed E-state index contributed by atoms with van der Waals surface area (Å²) in [5.41, 5.74) is 6.41. The first-order chi connectivity index (χ1) is 11.6. The van der Waals surface area contributed by atoms with Crippen molar-refractivity contribution in [2.24, 2.45) is 11.7 Å². The summed E-state index contributed by atoms with van der Waals surface area (Å²) in [7, 11) is 0. The molecule has 1 aromatic carbocycles. The molecule has 1 saturated carbocycles. The van der Waals surface area contributed by atoms with Crippen LogP contribution in [0.15, 0.2) is 24.3 Å². The van der Waals surface area contributed by atoms with Crippen molar-refractivity contribution >= 4 is 17.2 Å². The number of amides is 1. The molecule has 1 aliphatic rings. The maximum Gasteiger partial charge on any atom is 0.263 e. The van der Waals surface area contributed by atoms with Gasteiger partial charge in [0.1, 0.15) is 28.1 Å². The zero-order valence-corrected chi connectivity index (χ0v) is 14.2. The molecule has 24 heavy (non-hydrogen) atoms. The van der Waals surface area contributed by atoms with E-state index in [1.807, 2.05) is 0 Å². The van der Waals surface area contributed by atoms with E-state index in [2.05, 4.69) is 10.3 Å². The minimum atomic E-state index is -0.309. The Labute approximate surface area is 144 Å². The van der Waals surface area contributed by atoms with Crippen molar-refractivity contribution in [3.63, 3.8) is 0 Å². The lowest BCUT2D eigenvalue weighted by atomic mass is 10.2. The van der Waals surface area contributed by atoms with Crippen LogP contribution in [0.5, 0.6) is 5.75 Å². The van der Waals surface area contributed by atoms with Gasteiger partial charge < -0.3 is 15.8 Å². The van der Waals surface area contributed by atoms with Crippen molar-refractivity contribution in [2.75, 3.05) is 6.54 Å². The smallest absolute Gasteiger partial charge is 0.263 e. The molecule has 0 saturated heterocycles. The Kier molecular flexibility index (Phi) is 5.11. The van der Waals surface area contributed by atoms with Crippen molar-refractivity contribution in [2.45, 2.75) is 32.4 Å². The highest BCUT2D eigenvalue weighted by molar-refractivity contribution is 7.13. The first-order valence-electron chi connectivity index (χ1n) is 7.92. The van der Waals surface area contributed by atoms with Crippen molar-refractivity contribution < 1.29 is 13.9 Å². The van der Waals surface area contributed by atoms with Gasteiger partial charge in [0.25, 0.3) is 5.91 Å². The topological polar surface area (TPSA) is 77.2 Å². The minimum Gasteiger partial charge on any atom is -0.486 e. The van der Waals surface area contributed by atoms with Crippen LogP contribution in [0.25, 0.3) is 0 Å². The fourth-order valence-corrected chi connectivity index (χ4v) is 3.38. The van der Waals surface area contributed by atoms with Crippen molar-refractivity contribution in [3.05, 3.63) is 45.7 Å². The lowest BCUT2D eigenvalue weighted by Gasteiger charge is -2.15. The molecular formula is C17H20FN3O2S. The molecule has 1 amide bonds. The Morgan fingerprint density at radius 1 is 1.46 bits per heavy atom. The van der Waals surface area contributed by atoms with Gasteiger partial charge in [-0.1, -0.05) is 0 Å². The third kappa shape index (κ3) is 4.10. The maximum absolute atomic E-state index is 12.9. The average Bonchev–Trinajstić information content (AvgIpc) is 3.34. The third-order valence-electron chi connectivity index (χ3n) is 3.98. The Morgan fingerprint density at radius 2 is 2.17 bits per heavy atom. The van der Waals surface area contributed by atoms with E-state index in [1.54, 1.807) is 19.1 Å². The first-order valence-corrected chi connectivity index (χ1v) is 8.74. The lowest BCUT2D eigenvalue weighted by Crippen LogP contribution is -2.41. The number of nitrogens with one attached hydrogen (secondary N) is 1. The fraction of sp³-hybridized carbons (Fsp3) is 0.412. The van der Waals surface area contributed by atoms with Gasteiger partial charge >= 0.3 is 0 Å². The van der Waals surface area contributed by atoms with Crippen LogP contribution < -0.4 is 15.8 Å². The molecule has 0 spiro atoms. The van der Waals surface area contributed by atoms with Gasteiger partial charge in [0.2, 0.25) is 0 Å². The van der Waals surface area contributed by atoms with E-state index in [1.165, 1.54) is 23.5 Å². The predicted molar refractivity (Wildman–Crippen MR) is 90.6 cm³/mol. The number of aryl methyl sites for hydroxylation is 1. The molecular weight excluding hydrogens is 329 g/mol. The van der Waals surface area contributed by atoms with Crippen LogP contribution in [0.3, 0.4) is 0 Å². The van der Waals surface area contributed by atoms with Crippen LogP contribution in [0, 0.1) is 18.7 Å². The van der Waals surface area contributed by atoms with E-state index in [9.17, 15) is 9.18 Å². The van der Waals surface area contributed by atoms with E-state index in [0.717, 1.165) is 12.8 Å². The Hall–Kier alpha value is -1.99. The van der Waals surface area contributed by atoms with Crippen molar-refractivity contribution in [3.8, 4) is 5.75 Å². The van der Waals surface area contributed by atoms with Crippen LogP contribution in [0.1, 0.15) is 33.2 Å². The largest absolute Gasteiger partial charge is 0.486 e. The first kappa shape index (κ1) is 16.9. The van der Waals surface area contributed by atoms with Gasteiger partial charge in [0.15, 0.2) is 0 Å². The summed E-state index contributed by atoms with van der Waals surface area (Å²) >= 11 is 1.31. The van der Waals surface area contributed by atoms with E-state index in [-0.39, 0.29) is 24.4 Å². The number of thiazole rings is 1. The molecule has 3 rings (SSSR count). The van der Waals surface area contributed by atoms with Gasteiger partial charge in [-0.05, 0) is 49.9 Å².